The van der Waals surface area contributed by atoms with E-state index < -0.39 is 0 Å². The van der Waals surface area contributed by atoms with Crippen LogP contribution in [0.2, 0.25) is 0 Å². The number of hydrogen-bond acceptors (Lipinski definition) is 2. The predicted octanol–water partition coefficient (Wildman–Crippen LogP) is 3.75. The third-order valence-corrected chi connectivity index (χ3v) is 4.62. The lowest BCUT2D eigenvalue weighted by Crippen LogP contribution is -2.30. The quantitative estimate of drug-likeness (QED) is 0.896. The molecule has 1 N–H and O–H groups in total. The van der Waals surface area contributed by atoms with Crippen molar-refractivity contribution in [2.75, 3.05) is 0 Å². The van der Waals surface area contributed by atoms with Gasteiger partial charge < -0.3 is 5.32 Å². The molecule has 0 amide bonds. The minimum atomic E-state index is 0.402. The van der Waals surface area contributed by atoms with Crippen molar-refractivity contribution in [3.8, 4) is 0 Å². The summed E-state index contributed by atoms with van der Waals surface area (Å²) in [5, 5.41) is 8.45. The molecule has 108 valence electrons. The van der Waals surface area contributed by atoms with E-state index in [1.807, 2.05) is 0 Å². The zero-order valence-corrected chi connectivity index (χ0v) is 13.4. The number of aromatic nitrogens is 2. The second kappa shape index (κ2) is 5.28. The summed E-state index contributed by atoms with van der Waals surface area (Å²) in [7, 11) is 0. The van der Waals surface area contributed by atoms with Crippen molar-refractivity contribution in [1.29, 1.82) is 0 Å². The van der Waals surface area contributed by atoms with Gasteiger partial charge in [-0.2, -0.15) is 5.10 Å². The van der Waals surface area contributed by atoms with Gasteiger partial charge in [-0.05, 0) is 52.4 Å². The van der Waals surface area contributed by atoms with E-state index in [1.165, 1.54) is 36.2 Å². The fourth-order valence-corrected chi connectivity index (χ4v) is 3.66. The third-order valence-electron chi connectivity index (χ3n) is 4.62. The van der Waals surface area contributed by atoms with Gasteiger partial charge in [0.1, 0.15) is 0 Å². The first-order valence-corrected chi connectivity index (χ1v) is 7.64. The maximum absolute atomic E-state index is 4.63. The average molecular weight is 263 g/mol. The molecule has 2 rings (SSSR count). The normalized spacial score (nSPS) is 23.8. The summed E-state index contributed by atoms with van der Waals surface area (Å²) >= 11 is 0. The maximum Gasteiger partial charge on any atom is 0.0644 e. The molecule has 0 radical (unpaired) electrons. The topological polar surface area (TPSA) is 29.9 Å². The van der Waals surface area contributed by atoms with Crippen LogP contribution in [0.1, 0.15) is 70.0 Å². The Balaban J connectivity index is 2.08. The van der Waals surface area contributed by atoms with Gasteiger partial charge in [0.05, 0.1) is 5.69 Å². The lowest BCUT2D eigenvalue weighted by atomic mass is 9.91. The number of aryl methyl sites for hydroxylation is 2. The van der Waals surface area contributed by atoms with Crippen molar-refractivity contribution in [3.63, 3.8) is 0 Å². The molecule has 1 heterocycles. The average Bonchev–Trinajstić information content (AvgIpc) is 2.78. The fourth-order valence-electron chi connectivity index (χ4n) is 3.66. The molecule has 0 bridgehead atoms. The van der Waals surface area contributed by atoms with Gasteiger partial charge in [-0.25, -0.2) is 0 Å². The van der Waals surface area contributed by atoms with Gasteiger partial charge in [-0.1, -0.05) is 13.8 Å². The lowest BCUT2D eigenvalue weighted by molar-refractivity contribution is 0.356. The third kappa shape index (κ3) is 3.02. The van der Waals surface area contributed by atoms with Crippen molar-refractivity contribution in [2.45, 2.75) is 79.4 Å². The molecule has 1 aliphatic rings. The number of nitrogens with zero attached hydrogens (tertiary/aromatic N) is 2. The van der Waals surface area contributed by atoms with E-state index in [-0.39, 0.29) is 0 Å². The molecule has 0 spiro atoms. The van der Waals surface area contributed by atoms with Gasteiger partial charge in [0.2, 0.25) is 0 Å². The highest BCUT2D eigenvalue weighted by atomic mass is 15.3. The van der Waals surface area contributed by atoms with Gasteiger partial charge in [0.15, 0.2) is 0 Å². The first kappa shape index (κ1) is 14.6. The molecule has 1 fully saturated rings. The Bertz CT molecular complexity index is 445. The minimum Gasteiger partial charge on any atom is -0.307 e. The second-order valence-electron chi connectivity index (χ2n) is 6.89. The monoisotopic (exact) mass is 263 g/mol. The molecule has 3 heteroatoms. The summed E-state index contributed by atoms with van der Waals surface area (Å²) in [5.41, 5.74) is 4.40. The van der Waals surface area contributed by atoms with Gasteiger partial charge in [0, 0.05) is 29.9 Å². The molecule has 0 aromatic carbocycles. The van der Waals surface area contributed by atoms with Crippen LogP contribution in [0.25, 0.3) is 0 Å². The van der Waals surface area contributed by atoms with Crippen LogP contribution in [-0.4, -0.2) is 15.8 Å². The molecule has 2 unspecified atom stereocenters. The zero-order valence-electron chi connectivity index (χ0n) is 13.4. The molecule has 1 saturated carbocycles. The van der Waals surface area contributed by atoms with Gasteiger partial charge >= 0.3 is 0 Å². The SMILES string of the molecule is CCn1nc(C)c(C(C)NC2CCC(C)(C)C2)c1C. The van der Waals surface area contributed by atoms with E-state index >= 15 is 0 Å². The minimum absolute atomic E-state index is 0.402. The molecule has 0 aliphatic heterocycles. The van der Waals surface area contributed by atoms with Crippen molar-refractivity contribution >= 4 is 0 Å². The summed E-state index contributed by atoms with van der Waals surface area (Å²) in [5.74, 6) is 0. The van der Waals surface area contributed by atoms with Crippen LogP contribution in [0, 0.1) is 19.3 Å². The molecule has 2 atom stereocenters. The molecule has 1 aromatic rings. The van der Waals surface area contributed by atoms with E-state index in [0.717, 1.165) is 6.54 Å². The van der Waals surface area contributed by atoms with E-state index in [4.69, 9.17) is 0 Å². The zero-order chi connectivity index (χ0) is 14.2. The summed E-state index contributed by atoms with van der Waals surface area (Å²) in [6.07, 6.45) is 3.93. The summed E-state index contributed by atoms with van der Waals surface area (Å²) in [4.78, 5) is 0. The van der Waals surface area contributed by atoms with E-state index in [2.05, 4.69) is 56.6 Å². The predicted molar refractivity (Wildman–Crippen MR) is 80.3 cm³/mol. The number of rotatable bonds is 4. The van der Waals surface area contributed by atoms with Crippen LogP contribution in [0.5, 0.6) is 0 Å². The first-order valence-electron chi connectivity index (χ1n) is 7.64. The van der Waals surface area contributed by atoms with Crippen LogP contribution in [0.15, 0.2) is 0 Å². The molecular weight excluding hydrogens is 234 g/mol. The second-order valence-corrected chi connectivity index (χ2v) is 6.89. The van der Waals surface area contributed by atoms with Crippen LogP contribution >= 0.6 is 0 Å². The van der Waals surface area contributed by atoms with Crippen LogP contribution in [-0.2, 0) is 6.54 Å². The van der Waals surface area contributed by atoms with Crippen molar-refractivity contribution in [1.82, 2.24) is 15.1 Å². The van der Waals surface area contributed by atoms with Crippen molar-refractivity contribution in [2.24, 2.45) is 5.41 Å². The van der Waals surface area contributed by atoms with Gasteiger partial charge in [0.25, 0.3) is 0 Å². The van der Waals surface area contributed by atoms with Crippen LogP contribution in [0.4, 0.5) is 0 Å². The first-order chi connectivity index (χ1) is 8.84. The fraction of sp³-hybridized carbons (Fsp3) is 0.812. The Hall–Kier alpha value is -0.830. The molecular formula is C16H29N3. The summed E-state index contributed by atoms with van der Waals surface area (Å²) < 4.78 is 2.11. The van der Waals surface area contributed by atoms with Crippen LogP contribution in [0.3, 0.4) is 0 Å². The lowest BCUT2D eigenvalue weighted by Gasteiger charge is -2.22. The van der Waals surface area contributed by atoms with Gasteiger partial charge in [-0.15, -0.1) is 0 Å². The molecule has 1 aromatic heterocycles. The number of nitrogens with one attached hydrogen (secondary N) is 1. The standard InChI is InChI=1S/C16H29N3/c1-7-19-13(4)15(12(3)18-19)11(2)17-14-8-9-16(5,6)10-14/h11,14,17H,7-10H2,1-6H3. The molecule has 19 heavy (non-hydrogen) atoms. The van der Waals surface area contributed by atoms with Crippen molar-refractivity contribution < 1.29 is 0 Å². The van der Waals surface area contributed by atoms with E-state index in [1.54, 1.807) is 0 Å². The molecule has 0 saturated heterocycles. The Morgan fingerprint density at radius 3 is 2.58 bits per heavy atom. The maximum atomic E-state index is 4.63. The smallest absolute Gasteiger partial charge is 0.0644 e. The van der Waals surface area contributed by atoms with E-state index in [9.17, 15) is 0 Å². The Morgan fingerprint density at radius 1 is 1.42 bits per heavy atom. The Labute approximate surface area is 117 Å². The summed E-state index contributed by atoms with van der Waals surface area (Å²) in [6, 6.07) is 1.06. The number of hydrogen-bond donors (Lipinski definition) is 1. The molecule has 1 aliphatic carbocycles. The Morgan fingerprint density at radius 2 is 2.11 bits per heavy atom. The van der Waals surface area contributed by atoms with Gasteiger partial charge in [-0.3, -0.25) is 4.68 Å². The van der Waals surface area contributed by atoms with E-state index in [0.29, 0.717) is 17.5 Å². The molecule has 3 nitrogen and oxygen atoms in total. The Kier molecular flexibility index (Phi) is 4.05. The highest BCUT2D eigenvalue weighted by Gasteiger charge is 2.32. The highest BCUT2D eigenvalue weighted by Crippen LogP contribution is 2.38. The highest BCUT2D eigenvalue weighted by molar-refractivity contribution is 5.28. The largest absolute Gasteiger partial charge is 0.307 e. The van der Waals surface area contributed by atoms with Crippen molar-refractivity contribution in [3.05, 3.63) is 17.0 Å². The van der Waals surface area contributed by atoms with Crippen LogP contribution < -0.4 is 5.32 Å². The summed E-state index contributed by atoms with van der Waals surface area (Å²) in [6.45, 7) is 14.5.